The summed E-state index contributed by atoms with van der Waals surface area (Å²) in [5.41, 5.74) is 0.0417. The molecule has 1 rings (SSSR count). The summed E-state index contributed by atoms with van der Waals surface area (Å²) >= 11 is 0. The lowest BCUT2D eigenvalue weighted by Gasteiger charge is -2.27. The monoisotopic (exact) mass is 380 g/mol. The molecule has 26 heavy (non-hydrogen) atoms. The van der Waals surface area contributed by atoms with Crippen molar-refractivity contribution in [3.05, 3.63) is 54.1 Å². The number of hydrogen-bond acceptors (Lipinski definition) is 1. The van der Waals surface area contributed by atoms with Crippen LogP contribution in [0.3, 0.4) is 0 Å². The lowest BCUT2D eigenvalue weighted by Crippen LogP contribution is -2.28. The summed E-state index contributed by atoms with van der Waals surface area (Å²) in [6, 6.07) is 4.31. The molecule has 1 aromatic rings. The second-order valence-corrected chi connectivity index (χ2v) is 6.36. The number of aliphatic hydroxyl groups excluding tert-OH is 1. The van der Waals surface area contributed by atoms with Crippen molar-refractivity contribution in [1.29, 1.82) is 0 Å². The zero-order chi connectivity index (χ0) is 20.1. The molecule has 0 aromatic heterocycles. The van der Waals surface area contributed by atoms with Gasteiger partial charge in [0.25, 0.3) is 0 Å². The predicted molar refractivity (Wildman–Crippen MR) is 89.2 cm³/mol. The van der Waals surface area contributed by atoms with E-state index in [0.717, 1.165) is 19.1 Å². The van der Waals surface area contributed by atoms with E-state index >= 15 is 0 Å². The minimum absolute atomic E-state index is 0.0396. The first-order chi connectivity index (χ1) is 11.9. The van der Waals surface area contributed by atoms with Crippen LogP contribution in [0.4, 0.5) is 26.3 Å². The minimum Gasteiger partial charge on any atom is -0.396 e. The number of rotatable bonds is 7. The summed E-state index contributed by atoms with van der Waals surface area (Å²) in [6.45, 7) is 5.64. The van der Waals surface area contributed by atoms with Crippen LogP contribution in [0.25, 0.3) is 5.57 Å². The molecule has 0 bridgehead atoms. The van der Waals surface area contributed by atoms with Crippen molar-refractivity contribution < 1.29 is 31.4 Å². The van der Waals surface area contributed by atoms with Crippen LogP contribution in [-0.4, -0.2) is 17.9 Å². The first-order valence-electron chi connectivity index (χ1n) is 8.09. The van der Waals surface area contributed by atoms with E-state index in [1.54, 1.807) is 0 Å². The Morgan fingerprint density at radius 1 is 1.08 bits per heavy atom. The highest BCUT2D eigenvalue weighted by Crippen LogP contribution is 2.38. The molecule has 0 spiro atoms. The summed E-state index contributed by atoms with van der Waals surface area (Å²) in [5.74, 6) is -2.98. The van der Waals surface area contributed by atoms with Crippen molar-refractivity contribution in [2.75, 3.05) is 6.61 Å². The molecule has 0 saturated carbocycles. The van der Waals surface area contributed by atoms with E-state index in [-0.39, 0.29) is 6.42 Å². The Labute approximate surface area is 149 Å². The van der Waals surface area contributed by atoms with Crippen LogP contribution >= 0.6 is 0 Å². The van der Waals surface area contributed by atoms with Gasteiger partial charge < -0.3 is 5.11 Å². The average molecular weight is 380 g/mol. The van der Waals surface area contributed by atoms with E-state index in [9.17, 15) is 31.4 Å². The molecule has 2 unspecified atom stereocenters. The van der Waals surface area contributed by atoms with Gasteiger partial charge in [-0.15, -0.1) is 0 Å². The molecule has 0 aliphatic heterocycles. The van der Waals surface area contributed by atoms with Crippen molar-refractivity contribution in [3.8, 4) is 0 Å². The molecule has 0 radical (unpaired) electrons. The highest BCUT2D eigenvalue weighted by Gasteiger charge is 2.40. The molecule has 1 N–H and O–H groups in total. The molecule has 146 valence electrons. The van der Waals surface area contributed by atoms with E-state index < -0.39 is 42.3 Å². The SMILES string of the molecule is C=C/C=C(/c1ccc(C(F)(F)F)cc1)C(CO)C[C@@H](C)C(C)C(F)(F)F. The smallest absolute Gasteiger partial charge is 0.396 e. The van der Waals surface area contributed by atoms with Gasteiger partial charge in [0.2, 0.25) is 0 Å². The van der Waals surface area contributed by atoms with E-state index in [4.69, 9.17) is 0 Å². The molecule has 0 saturated heterocycles. The van der Waals surface area contributed by atoms with Gasteiger partial charge in [0.15, 0.2) is 0 Å². The van der Waals surface area contributed by atoms with E-state index in [0.29, 0.717) is 11.1 Å². The molecule has 3 atom stereocenters. The molecule has 0 heterocycles. The lowest BCUT2D eigenvalue weighted by atomic mass is 9.81. The van der Waals surface area contributed by atoms with Crippen molar-refractivity contribution in [2.24, 2.45) is 17.8 Å². The zero-order valence-electron chi connectivity index (χ0n) is 14.5. The highest BCUT2D eigenvalue weighted by atomic mass is 19.4. The van der Waals surface area contributed by atoms with Gasteiger partial charge in [-0.05, 0) is 35.6 Å². The van der Waals surface area contributed by atoms with Gasteiger partial charge in [0.05, 0.1) is 11.5 Å². The van der Waals surface area contributed by atoms with Crippen LogP contribution in [0.15, 0.2) is 43.0 Å². The van der Waals surface area contributed by atoms with Crippen LogP contribution in [0.2, 0.25) is 0 Å². The van der Waals surface area contributed by atoms with Gasteiger partial charge in [-0.1, -0.05) is 44.7 Å². The molecule has 1 nitrogen and oxygen atoms in total. The Morgan fingerprint density at radius 3 is 2.00 bits per heavy atom. The fraction of sp³-hybridized carbons (Fsp3) is 0.474. The molecule has 1 aromatic carbocycles. The molecule has 7 heteroatoms. The van der Waals surface area contributed by atoms with Crippen LogP contribution in [0.1, 0.15) is 31.4 Å². The minimum atomic E-state index is -4.48. The Bertz CT molecular complexity index is 612. The third kappa shape index (κ3) is 5.90. The molecule has 0 aliphatic rings. The second-order valence-electron chi connectivity index (χ2n) is 6.36. The maximum atomic E-state index is 12.9. The van der Waals surface area contributed by atoms with Gasteiger partial charge in [0.1, 0.15) is 0 Å². The summed E-state index contributed by atoms with van der Waals surface area (Å²) in [4.78, 5) is 0. The van der Waals surface area contributed by atoms with E-state index in [1.165, 1.54) is 31.2 Å². The number of alkyl halides is 6. The van der Waals surface area contributed by atoms with E-state index in [2.05, 4.69) is 6.58 Å². The quantitative estimate of drug-likeness (QED) is 0.447. The summed E-state index contributed by atoms with van der Waals surface area (Å²) in [6.07, 6.45) is -5.89. The first-order valence-corrected chi connectivity index (χ1v) is 8.09. The molecular weight excluding hydrogens is 358 g/mol. The Balaban J connectivity index is 3.10. The van der Waals surface area contributed by atoms with Gasteiger partial charge >= 0.3 is 12.4 Å². The predicted octanol–water partition coefficient (Wildman–Crippen LogP) is 6.11. The Kier molecular flexibility index (Phi) is 7.50. The second kappa shape index (κ2) is 8.75. The van der Waals surface area contributed by atoms with Gasteiger partial charge in [-0.2, -0.15) is 26.3 Å². The fourth-order valence-corrected chi connectivity index (χ4v) is 2.72. The normalized spacial score (nSPS) is 16.9. The van der Waals surface area contributed by atoms with Crippen LogP contribution in [0.5, 0.6) is 0 Å². The van der Waals surface area contributed by atoms with Gasteiger partial charge in [-0.3, -0.25) is 0 Å². The summed E-state index contributed by atoms with van der Waals surface area (Å²) in [5, 5.41) is 9.67. The van der Waals surface area contributed by atoms with Crippen molar-refractivity contribution in [2.45, 2.75) is 32.6 Å². The van der Waals surface area contributed by atoms with Crippen molar-refractivity contribution in [1.82, 2.24) is 0 Å². The maximum Gasteiger partial charge on any atom is 0.416 e. The van der Waals surface area contributed by atoms with Crippen molar-refractivity contribution >= 4 is 5.57 Å². The average Bonchev–Trinajstić information content (AvgIpc) is 2.55. The number of hydrogen-bond donors (Lipinski definition) is 1. The zero-order valence-corrected chi connectivity index (χ0v) is 14.5. The summed E-state index contributed by atoms with van der Waals surface area (Å²) < 4.78 is 76.7. The summed E-state index contributed by atoms with van der Waals surface area (Å²) in [7, 11) is 0. The van der Waals surface area contributed by atoms with Crippen LogP contribution in [-0.2, 0) is 6.18 Å². The molecule has 0 fully saturated rings. The molecular formula is C19H22F6O. The lowest BCUT2D eigenvalue weighted by molar-refractivity contribution is -0.183. The van der Waals surface area contributed by atoms with Crippen molar-refractivity contribution in [3.63, 3.8) is 0 Å². The topological polar surface area (TPSA) is 20.2 Å². The van der Waals surface area contributed by atoms with Crippen LogP contribution in [0, 0.1) is 17.8 Å². The maximum absolute atomic E-state index is 12.9. The number of aliphatic hydroxyl groups is 1. The van der Waals surface area contributed by atoms with Crippen LogP contribution < -0.4 is 0 Å². The Morgan fingerprint density at radius 2 is 1.62 bits per heavy atom. The third-order valence-electron chi connectivity index (χ3n) is 4.53. The number of halogens is 6. The molecule has 0 amide bonds. The number of benzene rings is 1. The first kappa shape index (κ1) is 22.3. The largest absolute Gasteiger partial charge is 0.416 e. The standard InChI is InChI=1S/C19H22F6O/c1-4-5-17(14-6-8-16(9-7-14)19(23,24)25)15(11-26)10-12(2)13(3)18(20,21)22/h4-9,12-13,15,26H,1,10-11H2,2-3H3/b17-5-/t12-,13?,15?/m1/s1. The Hall–Kier alpha value is -1.76. The highest BCUT2D eigenvalue weighted by molar-refractivity contribution is 5.69. The van der Waals surface area contributed by atoms with Gasteiger partial charge in [0, 0.05) is 12.5 Å². The van der Waals surface area contributed by atoms with E-state index in [1.807, 2.05) is 0 Å². The molecule has 0 aliphatic carbocycles. The fourth-order valence-electron chi connectivity index (χ4n) is 2.72. The number of allylic oxidation sites excluding steroid dienone is 2. The van der Waals surface area contributed by atoms with Gasteiger partial charge in [-0.25, -0.2) is 0 Å². The third-order valence-corrected chi connectivity index (χ3v) is 4.53.